The summed E-state index contributed by atoms with van der Waals surface area (Å²) in [5.74, 6) is -1.44. The predicted molar refractivity (Wildman–Crippen MR) is 96.0 cm³/mol. The summed E-state index contributed by atoms with van der Waals surface area (Å²) in [5.41, 5.74) is 1.27. The van der Waals surface area contributed by atoms with Crippen LogP contribution >= 0.6 is 15.9 Å². The Balaban J connectivity index is 1.87. The molecule has 1 amide bonds. The minimum Gasteiger partial charge on any atom is -0.387 e. The summed E-state index contributed by atoms with van der Waals surface area (Å²) in [6.07, 6.45) is -0.872. The molecule has 0 saturated heterocycles. The van der Waals surface area contributed by atoms with Crippen molar-refractivity contribution in [1.29, 1.82) is 0 Å². The molecule has 0 heterocycles. The second kappa shape index (κ2) is 8.41. The second-order valence-corrected chi connectivity index (χ2v) is 8.37. The third kappa shape index (κ3) is 6.07. The molecule has 1 unspecified atom stereocenters. The molecule has 128 valence electrons. The van der Waals surface area contributed by atoms with E-state index >= 15 is 0 Å². The van der Waals surface area contributed by atoms with E-state index in [0.29, 0.717) is 11.1 Å². The van der Waals surface area contributed by atoms with Crippen molar-refractivity contribution < 1.29 is 18.3 Å². The molecule has 0 aliphatic heterocycles. The molecule has 0 aromatic heterocycles. The van der Waals surface area contributed by atoms with Crippen molar-refractivity contribution in [3.05, 3.63) is 70.2 Å². The average Bonchev–Trinajstić information content (AvgIpc) is 2.52. The molecule has 2 aromatic rings. The third-order valence-corrected chi connectivity index (χ3v) is 5.27. The van der Waals surface area contributed by atoms with E-state index in [1.807, 2.05) is 6.07 Å². The molecular formula is C17H18BrNO4S. The van der Waals surface area contributed by atoms with Gasteiger partial charge in [0.2, 0.25) is 5.91 Å². The van der Waals surface area contributed by atoms with Crippen molar-refractivity contribution in [2.75, 3.05) is 12.3 Å². The van der Waals surface area contributed by atoms with Crippen LogP contribution in [0, 0.1) is 0 Å². The van der Waals surface area contributed by atoms with Gasteiger partial charge in [0.25, 0.3) is 0 Å². The number of hydrogen-bond acceptors (Lipinski definition) is 4. The van der Waals surface area contributed by atoms with E-state index in [1.165, 1.54) is 0 Å². The smallest absolute Gasteiger partial charge is 0.235 e. The first-order valence-electron chi connectivity index (χ1n) is 7.30. The van der Waals surface area contributed by atoms with Crippen LogP contribution in [0.2, 0.25) is 0 Å². The van der Waals surface area contributed by atoms with Gasteiger partial charge in [-0.05, 0) is 23.3 Å². The molecule has 2 aromatic carbocycles. The number of hydrogen-bond donors (Lipinski definition) is 2. The molecule has 0 bridgehead atoms. The van der Waals surface area contributed by atoms with Gasteiger partial charge in [0.05, 0.1) is 11.9 Å². The lowest BCUT2D eigenvalue weighted by Crippen LogP contribution is -2.33. The predicted octanol–water partition coefficient (Wildman–Crippen LogP) is 2.21. The summed E-state index contributed by atoms with van der Waals surface area (Å²) < 4.78 is 25.0. The highest BCUT2D eigenvalue weighted by Crippen LogP contribution is 2.14. The molecule has 24 heavy (non-hydrogen) atoms. The van der Waals surface area contributed by atoms with E-state index in [4.69, 9.17) is 0 Å². The van der Waals surface area contributed by atoms with Crippen molar-refractivity contribution in [1.82, 2.24) is 5.32 Å². The first kappa shape index (κ1) is 18.6. The van der Waals surface area contributed by atoms with Gasteiger partial charge in [-0.3, -0.25) is 4.79 Å². The largest absolute Gasteiger partial charge is 0.387 e. The van der Waals surface area contributed by atoms with E-state index in [0.717, 1.165) is 4.47 Å². The quantitative estimate of drug-likeness (QED) is 0.731. The number of carbonyl (C=O) groups is 1. The topological polar surface area (TPSA) is 83.5 Å². The maximum absolute atomic E-state index is 12.1. The molecule has 0 aliphatic carbocycles. The number of nitrogens with one attached hydrogen (secondary N) is 1. The number of rotatable bonds is 7. The van der Waals surface area contributed by atoms with E-state index in [1.54, 1.807) is 48.5 Å². The van der Waals surface area contributed by atoms with Gasteiger partial charge in [0.15, 0.2) is 9.84 Å². The lowest BCUT2D eigenvalue weighted by Gasteiger charge is -2.12. The van der Waals surface area contributed by atoms with Crippen LogP contribution in [0.25, 0.3) is 0 Å². The van der Waals surface area contributed by atoms with Crippen LogP contribution in [0.15, 0.2) is 59.1 Å². The molecule has 0 spiro atoms. The summed E-state index contributed by atoms with van der Waals surface area (Å²) >= 11 is 3.28. The Bertz CT molecular complexity index is 793. The Hall–Kier alpha value is -1.70. The first-order valence-corrected chi connectivity index (χ1v) is 9.92. The van der Waals surface area contributed by atoms with Crippen LogP contribution in [0.5, 0.6) is 0 Å². The maximum atomic E-state index is 12.1. The van der Waals surface area contributed by atoms with Gasteiger partial charge in [0.1, 0.15) is 5.75 Å². The first-order chi connectivity index (χ1) is 11.4. The summed E-state index contributed by atoms with van der Waals surface area (Å²) in [7, 11) is -3.58. The van der Waals surface area contributed by atoms with Crippen molar-refractivity contribution >= 4 is 31.7 Å². The minimum absolute atomic E-state index is 0.0325. The zero-order valence-electron chi connectivity index (χ0n) is 12.9. The zero-order valence-corrected chi connectivity index (χ0v) is 15.3. The summed E-state index contributed by atoms with van der Waals surface area (Å²) in [6.45, 7) is -0.0325. The van der Waals surface area contributed by atoms with Gasteiger partial charge in [0, 0.05) is 11.0 Å². The van der Waals surface area contributed by atoms with E-state index in [-0.39, 0.29) is 12.3 Å². The number of sulfone groups is 1. The molecule has 2 N–H and O–H groups in total. The third-order valence-electron chi connectivity index (χ3n) is 3.30. The van der Waals surface area contributed by atoms with Crippen LogP contribution in [-0.4, -0.2) is 31.7 Å². The molecule has 0 fully saturated rings. The van der Waals surface area contributed by atoms with Crippen molar-refractivity contribution in [3.63, 3.8) is 0 Å². The Morgan fingerprint density at radius 3 is 2.50 bits per heavy atom. The molecular weight excluding hydrogens is 394 g/mol. The number of benzene rings is 2. The number of halogens is 1. The number of carbonyl (C=O) groups excluding carboxylic acids is 1. The van der Waals surface area contributed by atoms with Gasteiger partial charge in [-0.25, -0.2) is 8.42 Å². The SMILES string of the molecule is O=C(CS(=O)(=O)Cc1cccc(Br)c1)NCC(O)c1ccccc1. The summed E-state index contributed by atoms with van der Waals surface area (Å²) in [6, 6.07) is 15.8. The Morgan fingerprint density at radius 2 is 1.83 bits per heavy atom. The van der Waals surface area contributed by atoms with E-state index < -0.39 is 27.6 Å². The average molecular weight is 412 g/mol. The van der Waals surface area contributed by atoms with Gasteiger partial charge < -0.3 is 10.4 Å². The monoisotopic (exact) mass is 411 g/mol. The summed E-state index contributed by atoms with van der Waals surface area (Å²) in [4.78, 5) is 11.8. The van der Waals surface area contributed by atoms with E-state index in [9.17, 15) is 18.3 Å². The van der Waals surface area contributed by atoms with Gasteiger partial charge in [-0.15, -0.1) is 0 Å². The Morgan fingerprint density at radius 1 is 1.12 bits per heavy atom. The second-order valence-electron chi connectivity index (χ2n) is 5.39. The Labute approximate surface area is 149 Å². The normalized spacial score (nSPS) is 12.6. The molecule has 0 aliphatic rings. The lowest BCUT2D eigenvalue weighted by molar-refractivity contribution is -0.119. The maximum Gasteiger partial charge on any atom is 0.235 e. The van der Waals surface area contributed by atoms with E-state index in [2.05, 4.69) is 21.2 Å². The molecule has 0 saturated carbocycles. The molecule has 0 radical (unpaired) electrons. The Kier molecular flexibility index (Phi) is 6.53. The highest BCUT2D eigenvalue weighted by atomic mass is 79.9. The highest BCUT2D eigenvalue weighted by Gasteiger charge is 2.18. The standard InChI is InChI=1S/C17H18BrNO4S/c18-15-8-4-5-13(9-15)11-24(22,23)12-17(21)19-10-16(20)14-6-2-1-3-7-14/h1-9,16,20H,10-12H2,(H,19,21). The van der Waals surface area contributed by atoms with Crippen LogP contribution in [0.1, 0.15) is 17.2 Å². The van der Waals surface area contributed by atoms with Crippen LogP contribution < -0.4 is 5.32 Å². The fourth-order valence-electron chi connectivity index (χ4n) is 2.19. The van der Waals surface area contributed by atoms with Gasteiger partial charge >= 0.3 is 0 Å². The lowest BCUT2D eigenvalue weighted by atomic mass is 10.1. The highest BCUT2D eigenvalue weighted by molar-refractivity contribution is 9.10. The van der Waals surface area contributed by atoms with Crippen molar-refractivity contribution in [2.45, 2.75) is 11.9 Å². The van der Waals surface area contributed by atoms with Crippen molar-refractivity contribution in [2.24, 2.45) is 0 Å². The number of aliphatic hydroxyl groups excluding tert-OH is 1. The zero-order chi connectivity index (χ0) is 17.6. The number of amides is 1. The number of aliphatic hydroxyl groups is 1. The molecule has 1 atom stereocenters. The molecule has 5 nitrogen and oxygen atoms in total. The summed E-state index contributed by atoms with van der Waals surface area (Å²) in [5, 5.41) is 12.4. The molecule has 7 heteroatoms. The molecule has 2 rings (SSSR count). The minimum atomic E-state index is -3.58. The van der Waals surface area contributed by atoms with Gasteiger partial charge in [-0.2, -0.15) is 0 Å². The fourth-order valence-corrected chi connectivity index (χ4v) is 3.92. The van der Waals surface area contributed by atoms with Gasteiger partial charge in [-0.1, -0.05) is 58.4 Å². The van der Waals surface area contributed by atoms with Crippen LogP contribution in [0.3, 0.4) is 0 Å². The fraction of sp³-hybridized carbons (Fsp3) is 0.235. The van der Waals surface area contributed by atoms with Crippen LogP contribution in [-0.2, 0) is 20.4 Å². The van der Waals surface area contributed by atoms with Crippen molar-refractivity contribution in [3.8, 4) is 0 Å². The van der Waals surface area contributed by atoms with Crippen LogP contribution in [0.4, 0.5) is 0 Å².